The van der Waals surface area contributed by atoms with Gasteiger partial charge in [-0.05, 0) is 62.8 Å². The van der Waals surface area contributed by atoms with E-state index in [0.29, 0.717) is 12.1 Å². The molecule has 0 saturated carbocycles. The fourth-order valence-corrected chi connectivity index (χ4v) is 2.63. The summed E-state index contributed by atoms with van der Waals surface area (Å²) in [4.78, 5) is 23.7. The van der Waals surface area contributed by atoms with E-state index in [-0.39, 0.29) is 11.7 Å². The van der Waals surface area contributed by atoms with Crippen molar-refractivity contribution < 1.29 is 18.7 Å². The van der Waals surface area contributed by atoms with Crippen molar-refractivity contribution in [3.63, 3.8) is 0 Å². The van der Waals surface area contributed by atoms with E-state index in [9.17, 15) is 14.0 Å². The van der Waals surface area contributed by atoms with Crippen molar-refractivity contribution >= 4 is 18.0 Å². The Morgan fingerprint density at radius 2 is 2.04 bits per heavy atom. The minimum atomic E-state index is -0.856. The third kappa shape index (κ3) is 6.91. The quantitative estimate of drug-likeness (QED) is 0.465. The molecule has 1 amide bonds. The van der Waals surface area contributed by atoms with E-state index in [1.165, 1.54) is 42.7 Å². The standard InChI is InChI=1S/C20H24FNO3/c1-15(20(24)22-14-13-16-5-3-2-4-6-16)25-19(23)12-9-17-7-10-18(21)11-8-17/h5,7-12,15H,2-4,6,13-14H2,1H3,(H,22,24)/b12-9+/t15-/m0/s1. The monoisotopic (exact) mass is 345 g/mol. The maximum atomic E-state index is 12.8. The van der Waals surface area contributed by atoms with Gasteiger partial charge in [-0.3, -0.25) is 4.79 Å². The predicted octanol–water partition coefficient (Wildman–Crippen LogP) is 3.78. The molecule has 5 heteroatoms. The normalized spacial score (nSPS) is 15.5. The van der Waals surface area contributed by atoms with Gasteiger partial charge in [0.2, 0.25) is 0 Å². The number of carbonyl (C=O) groups is 2. The number of hydrogen-bond acceptors (Lipinski definition) is 3. The maximum absolute atomic E-state index is 12.8. The van der Waals surface area contributed by atoms with Crippen LogP contribution in [-0.4, -0.2) is 24.5 Å². The predicted molar refractivity (Wildman–Crippen MR) is 95.2 cm³/mol. The lowest BCUT2D eigenvalue weighted by Crippen LogP contribution is -2.36. The lowest BCUT2D eigenvalue weighted by Gasteiger charge is -2.15. The van der Waals surface area contributed by atoms with Gasteiger partial charge in [-0.1, -0.05) is 23.8 Å². The first-order chi connectivity index (χ1) is 12.0. The number of halogens is 1. The fourth-order valence-electron chi connectivity index (χ4n) is 2.63. The first kappa shape index (κ1) is 18.9. The Morgan fingerprint density at radius 3 is 2.72 bits per heavy atom. The molecule has 1 aromatic carbocycles. The summed E-state index contributed by atoms with van der Waals surface area (Å²) >= 11 is 0. The van der Waals surface area contributed by atoms with Gasteiger partial charge in [0, 0.05) is 12.6 Å². The Kier molecular flexibility index (Phi) is 7.38. The molecular weight excluding hydrogens is 321 g/mol. The largest absolute Gasteiger partial charge is 0.449 e. The SMILES string of the molecule is C[C@H](OC(=O)/C=C/c1ccc(F)cc1)C(=O)NCCC1=CCCCC1. The lowest BCUT2D eigenvalue weighted by molar-refractivity contribution is -0.150. The average Bonchev–Trinajstić information content (AvgIpc) is 2.62. The summed E-state index contributed by atoms with van der Waals surface area (Å²) in [5.74, 6) is -1.25. The zero-order valence-corrected chi connectivity index (χ0v) is 14.5. The van der Waals surface area contributed by atoms with Crippen molar-refractivity contribution in [2.45, 2.75) is 45.1 Å². The molecule has 0 bridgehead atoms. The van der Waals surface area contributed by atoms with Crippen LogP contribution in [0.1, 0.15) is 44.6 Å². The minimum absolute atomic E-state index is 0.306. The summed E-state index contributed by atoms with van der Waals surface area (Å²) in [6.07, 6.45) is 9.67. The third-order valence-electron chi connectivity index (χ3n) is 4.07. The van der Waals surface area contributed by atoms with Crippen LogP contribution in [0.2, 0.25) is 0 Å². The van der Waals surface area contributed by atoms with Crippen LogP contribution < -0.4 is 5.32 Å². The molecule has 1 N–H and O–H groups in total. The van der Waals surface area contributed by atoms with Crippen LogP contribution in [0.25, 0.3) is 6.08 Å². The van der Waals surface area contributed by atoms with Gasteiger partial charge in [0.25, 0.3) is 5.91 Å². The fraction of sp³-hybridized carbons (Fsp3) is 0.400. The first-order valence-corrected chi connectivity index (χ1v) is 8.64. The Morgan fingerprint density at radius 1 is 1.28 bits per heavy atom. The average molecular weight is 345 g/mol. The molecule has 1 aliphatic rings. The van der Waals surface area contributed by atoms with Gasteiger partial charge in [0.1, 0.15) is 5.82 Å². The van der Waals surface area contributed by atoms with Crippen LogP contribution in [0.3, 0.4) is 0 Å². The van der Waals surface area contributed by atoms with E-state index < -0.39 is 12.1 Å². The molecule has 0 radical (unpaired) electrons. The molecule has 0 spiro atoms. The van der Waals surface area contributed by atoms with Crippen molar-refractivity contribution in [1.82, 2.24) is 5.32 Å². The van der Waals surface area contributed by atoms with Gasteiger partial charge in [-0.15, -0.1) is 0 Å². The van der Waals surface area contributed by atoms with Crippen LogP contribution in [0.5, 0.6) is 0 Å². The van der Waals surface area contributed by atoms with Gasteiger partial charge < -0.3 is 10.1 Å². The number of nitrogens with one attached hydrogen (secondary N) is 1. The number of carbonyl (C=O) groups excluding carboxylic acids is 2. The van der Waals surface area contributed by atoms with E-state index in [1.807, 2.05) is 0 Å². The Hall–Kier alpha value is -2.43. The molecule has 0 heterocycles. The number of esters is 1. The second-order valence-electron chi connectivity index (χ2n) is 6.11. The molecule has 0 unspecified atom stereocenters. The number of rotatable bonds is 7. The Balaban J connectivity index is 1.71. The minimum Gasteiger partial charge on any atom is -0.449 e. The van der Waals surface area contributed by atoms with Crippen molar-refractivity contribution in [3.05, 3.63) is 53.4 Å². The Labute approximate surface area is 147 Å². The number of ether oxygens (including phenoxy) is 1. The molecule has 0 aliphatic heterocycles. The van der Waals surface area contributed by atoms with E-state index >= 15 is 0 Å². The molecule has 1 aromatic rings. The van der Waals surface area contributed by atoms with Gasteiger partial charge in [-0.25, -0.2) is 9.18 Å². The lowest BCUT2D eigenvalue weighted by atomic mass is 9.97. The van der Waals surface area contributed by atoms with E-state index in [0.717, 1.165) is 19.3 Å². The third-order valence-corrected chi connectivity index (χ3v) is 4.07. The summed E-state index contributed by atoms with van der Waals surface area (Å²) in [5, 5.41) is 2.79. The van der Waals surface area contributed by atoms with Crippen molar-refractivity contribution in [2.75, 3.05) is 6.54 Å². The topological polar surface area (TPSA) is 55.4 Å². The molecule has 134 valence electrons. The molecule has 0 fully saturated rings. The zero-order valence-electron chi connectivity index (χ0n) is 14.5. The summed E-state index contributed by atoms with van der Waals surface area (Å²) < 4.78 is 17.9. The molecule has 1 aliphatic carbocycles. The van der Waals surface area contributed by atoms with E-state index in [1.54, 1.807) is 19.1 Å². The summed E-state index contributed by atoms with van der Waals surface area (Å²) in [5.41, 5.74) is 2.06. The van der Waals surface area contributed by atoms with Gasteiger partial charge in [0.15, 0.2) is 6.10 Å². The number of benzene rings is 1. The van der Waals surface area contributed by atoms with Gasteiger partial charge >= 0.3 is 5.97 Å². The van der Waals surface area contributed by atoms with Crippen molar-refractivity contribution in [2.24, 2.45) is 0 Å². The molecule has 0 aromatic heterocycles. The second kappa shape index (κ2) is 9.77. The molecular formula is C20H24FNO3. The highest BCUT2D eigenvalue weighted by Crippen LogP contribution is 2.19. The Bertz CT molecular complexity index is 649. The van der Waals surface area contributed by atoms with Crippen molar-refractivity contribution in [1.29, 1.82) is 0 Å². The molecule has 25 heavy (non-hydrogen) atoms. The summed E-state index contributed by atoms with van der Waals surface area (Å²) in [7, 11) is 0. The van der Waals surface area contributed by atoms with Crippen molar-refractivity contribution in [3.8, 4) is 0 Å². The van der Waals surface area contributed by atoms with Gasteiger partial charge in [0.05, 0.1) is 0 Å². The smallest absolute Gasteiger partial charge is 0.331 e. The molecule has 1 atom stereocenters. The number of hydrogen-bond donors (Lipinski definition) is 1. The van der Waals surface area contributed by atoms with Crippen LogP contribution in [0, 0.1) is 5.82 Å². The second-order valence-corrected chi connectivity index (χ2v) is 6.11. The highest BCUT2D eigenvalue weighted by Gasteiger charge is 2.16. The van der Waals surface area contributed by atoms with Crippen LogP contribution in [0.15, 0.2) is 42.0 Å². The summed E-state index contributed by atoms with van der Waals surface area (Å²) in [6.45, 7) is 2.09. The van der Waals surface area contributed by atoms with Gasteiger partial charge in [-0.2, -0.15) is 0 Å². The number of amides is 1. The first-order valence-electron chi connectivity index (χ1n) is 8.64. The van der Waals surface area contributed by atoms with E-state index in [2.05, 4.69) is 11.4 Å². The zero-order chi connectivity index (χ0) is 18.1. The molecule has 2 rings (SSSR count). The highest BCUT2D eigenvalue weighted by atomic mass is 19.1. The van der Waals surface area contributed by atoms with Crippen LogP contribution in [0.4, 0.5) is 4.39 Å². The molecule has 0 saturated heterocycles. The number of allylic oxidation sites excluding steroid dienone is 1. The summed E-state index contributed by atoms with van der Waals surface area (Å²) in [6, 6.07) is 5.72. The van der Waals surface area contributed by atoms with E-state index in [4.69, 9.17) is 4.74 Å². The van der Waals surface area contributed by atoms with Crippen LogP contribution in [-0.2, 0) is 14.3 Å². The van der Waals surface area contributed by atoms with Crippen LogP contribution >= 0.6 is 0 Å². The molecule has 4 nitrogen and oxygen atoms in total. The highest BCUT2D eigenvalue weighted by molar-refractivity contribution is 5.90. The maximum Gasteiger partial charge on any atom is 0.331 e.